The quantitative estimate of drug-likeness (QED) is 0.635. The number of aliphatic hydroxyl groups is 2. The summed E-state index contributed by atoms with van der Waals surface area (Å²) in [5, 5.41) is 28.1. The first-order chi connectivity index (χ1) is 14.2. The van der Waals surface area contributed by atoms with Gasteiger partial charge in [0, 0.05) is 12.6 Å². The van der Waals surface area contributed by atoms with Crippen molar-refractivity contribution < 1.29 is 27.8 Å². The SMILES string of the molecule is Nc1cc(C(F)(F)F)c2nc1-c1nnc(o1)C(O)(CO)CCCCC[C@@H]1CCCN21. The van der Waals surface area contributed by atoms with Crippen LogP contribution in [0.25, 0.3) is 11.6 Å². The monoisotopic (exact) mass is 427 g/mol. The molecule has 2 aliphatic rings. The largest absolute Gasteiger partial charge is 0.420 e. The van der Waals surface area contributed by atoms with Gasteiger partial charge in [0.25, 0.3) is 11.8 Å². The Morgan fingerprint density at radius 2 is 1.97 bits per heavy atom. The Morgan fingerprint density at radius 1 is 1.20 bits per heavy atom. The van der Waals surface area contributed by atoms with Gasteiger partial charge >= 0.3 is 6.18 Å². The van der Waals surface area contributed by atoms with Crippen LogP contribution in [0.1, 0.15) is 56.4 Å². The van der Waals surface area contributed by atoms with Gasteiger partial charge in [0.2, 0.25) is 0 Å². The first-order valence-corrected chi connectivity index (χ1v) is 10.0. The second kappa shape index (κ2) is 7.69. The number of nitrogens with two attached hydrogens (primary N) is 1. The first-order valence-electron chi connectivity index (χ1n) is 10.0. The summed E-state index contributed by atoms with van der Waals surface area (Å²) in [6.45, 7) is -0.143. The molecular weight excluding hydrogens is 403 g/mol. The molecule has 2 aliphatic heterocycles. The average molecular weight is 427 g/mol. The lowest BCUT2D eigenvalue weighted by molar-refractivity contribution is -0.137. The molecule has 1 saturated heterocycles. The number of rotatable bonds is 1. The molecule has 1 fully saturated rings. The van der Waals surface area contributed by atoms with Crippen LogP contribution in [-0.2, 0) is 11.8 Å². The van der Waals surface area contributed by atoms with E-state index in [1.807, 2.05) is 0 Å². The fourth-order valence-electron chi connectivity index (χ4n) is 4.27. The maximum atomic E-state index is 13.8. The number of aromatic nitrogens is 3. The highest BCUT2D eigenvalue weighted by Gasteiger charge is 2.40. The molecule has 2 atom stereocenters. The van der Waals surface area contributed by atoms with Crippen LogP contribution in [0.5, 0.6) is 0 Å². The number of nitrogen functional groups attached to an aromatic ring is 1. The van der Waals surface area contributed by atoms with Crippen molar-refractivity contribution in [3.8, 4) is 11.6 Å². The van der Waals surface area contributed by atoms with E-state index in [-0.39, 0.29) is 41.4 Å². The number of halogens is 3. The van der Waals surface area contributed by atoms with Crippen molar-refractivity contribution in [2.24, 2.45) is 0 Å². The van der Waals surface area contributed by atoms with Gasteiger partial charge in [-0.15, -0.1) is 10.2 Å². The van der Waals surface area contributed by atoms with Crippen molar-refractivity contribution in [2.45, 2.75) is 62.8 Å². The summed E-state index contributed by atoms with van der Waals surface area (Å²) in [6, 6.07) is 0.786. The third-order valence-electron chi connectivity index (χ3n) is 5.90. The molecule has 2 aromatic rings. The Hall–Kier alpha value is -2.40. The summed E-state index contributed by atoms with van der Waals surface area (Å²) in [7, 11) is 0. The maximum absolute atomic E-state index is 13.8. The first kappa shape index (κ1) is 20.9. The highest BCUT2D eigenvalue weighted by Crippen LogP contribution is 2.42. The molecular formula is C19H24F3N5O3. The van der Waals surface area contributed by atoms with E-state index in [2.05, 4.69) is 15.2 Å². The molecule has 30 heavy (non-hydrogen) atoms. The number of fused-ring (bicyclic) bond motifs is 7. The number of nitrogens with zero attached hydrogens (tertiary/aromatic N) is 4. The molecule has 0 aromatic carbocycles. The molecule has 164 valence electrons. The molecule has 0 saturated carbocycles. The number of hydrogen-bond donors (Lipinski definition) is 3. The van der Waals surface area contributed by atoms with Gasteiger partial charge in [-0.3, -0.25) is 0 Å². The summed E-state index contributed by atoms with van der Waals surface area (Å²) in [5.74, 6) is -0.598. The van der Waals surface area contributed by atoms with Gasteiger partial charge in [-0.2, -0.15) is 13.2 Å². The lowest BCUT2D eigenvalue weighted by Gasteiger charge is -2.29. The lowest BCUT2D eigenvalue weighted by atomic mass is 9.95. The fraction of sp³-hybridized carbons (Fsp3) is 0.632. The average Bonchev–Trinajstić information content (AvgIpc) is 3.36. The second-order valence-corrected chi connectivity index (χ2v) is 7.99. The van der Waals surface area contributed by atoms with Crippen LogP contribution in [0.3, 0.4) is 0 Å². The molecule has 4 heterocycles. The summed E-state index contributed by atoms with van der Waals surface area (Å²) in [6.07, 6.45) is 0.00439. The molecule has 4 bridgehead atoms. The number of anilines is 2. The molecule has 0 amide bonds. The number of hydrogen-bond acceptors (Lipinski definition) is 8. The molecule has 8 nitrogen and oxygen atoms in total. The van der Waals surface area contributed by atoms with E-state index in [9.17, 15) is 23.4 Å². The van der Waals surface area contributed by atoms with Gasteiger partial charge in [0.05, 0.1) is 12.3 Å². The zero-order valence-corrected chi connectivity index (χ0v) is 16.3. The second-order valence-electron chi connectivity index (χ2n) is 7.99. The molecule has 4 rings (SSSR count). The highest BCUT2D eigenvalue weighted by molar-refractivity contribution is 5.71. The summed E-state index contributed by atoms with van der Waals surface area (Å²) in [5.41, 5.74) is 2.94. The lowest BCUT2D eigenvalue weighted by Crippen LogP contribution is -2.32. The molecule has 0 spiro atoms. The molecule has 11 heteroatoms. The van der Waals surface area contributed by atoms with Crippen LogP contribution >= 0.6 is 0 Å². The van der Waals surface area contributed by atoms with Gasteiger partial charge in [-0.25, -0.2) is 4.98 Å². The van der Waals surface area contributed by atoms with Crippen molar-refractivity contribution in [3.05, 3.63) is 17.5 Å². The van der Waals surface area contributed by atoms with Crippen LogP contribution in [0.4, 0.5) is 24.7 Å². The van der Waals surface area contributed by atoms with Crippen LogP contribution in [0.15, 0.2) is 10.5 Å². The van der Waals surface area contributed by atoms with E-state index < -0.39 is 23.9 Å². The van der Waals surface area contributed by atoms with E-state index in [0.29, 0.717) is 19.4 Å². The van der Waals surface area contributed by atoms with Crippen LogP contribution in [0.2, 0.25) is 0 Å². The minimum absolute atomic E-state index is 0.0620. The Kier molecular flexibility index (Phi) is 5.35. The smallest absolute Gasteiger partial charge is 0.416 e. The maximum Gasteiger partial charge on any atom is 0.420 e. The van der Waals surface area contributed by atoms with Gasteiger partial charge in [-0.05, 0) is 38.2 Å². The Balaban J connectivity index is 1.88. The van der Waals surface area contributed by atoms with E-state index in [0.717, 1.165) is 31.7 Å². The Bertz CT molecular complexity index is 919. The van der Waals surface area contributed by atoms with E-state index in [4.69, 9.17) is 10.2 Å². The van der Waals surface area contributed by atoms with E-state index >= 15 is 0 Å². The van der Waals surface area contributed by atoms with Crippen LogP contribution in [-0.4, -0.2) is 44.6 Å². The van der Waals surface area contributed by atoms with Crippen molar-refractivity contribution in [2.75, 3.05) is 23.8 Å². The van der Waals surface area contributed by atoms with Crippen molar-refractivity contribution in [1.82, 2.24) is 15.2 Å². The molecule has 2 aromatic heterocycles. The zero-order valence-electron chi connectivity index (χ0n) is 16.3. The van der Waals surface area contributed by atoms with Crippen LogP contribution < -0.4 is 10.6 Å². The van der Waals surface area contributed by atoms with Crippen molar-refractivity contribution in [1.29, 1.82) is 0 Å². The molecule has 1 unspecified atom stereocenters. The van der Waals surface area contributed by atoms with Crippen molar-refractivity contribution in [3.63, 3.8) is 0 Å². The third kappa shape index (κ3) is 3.71. The Morgan fingerprint density at radius 3 is 2.70 bits per heavy atom. The fourth-order valence-corrected chi connectivity index (χ4v) is 4.27. The van der Waals surface area contributed by atoms with Crippen molar-refractivity contribution >= 4 is 11.5 Å². The molecule has 4 N–H and O–H groups in total. The van der Waals surface area contributed by atoms with Gasteiger partial charge in [0.15, 0.2) is 11.3 Å². The minimum Gasteiger partial charge on any atom is -0.416 e. The van der Waals surface area contributed by atoms with Gasteiger partial charge < -0.3 is 25.3 Å². The summed E-state index contributed by atoms with van der Waals surface area (Å²) in [4.78, 5) is 5.94. The van der Waals surface area contributed by atoms with Gasteiger partial charge in [-0.1, -0.05) is 12.8 Å². The predicted molar refractivity (Wildman–Crippen MR) is 101 cm³/mol. The van der Waals surface area contributed by atoms with Crippen LogP contribution in [0, 0.1) is 0 Å². The van der Waals surface area contributed by atoms with Gasteiger partial charge in [0.1, 0.15) is 11.4 Å². The van der Waals surface area contributed by atoms with E-state index in [1.165, 1.54) is 0 Å². The number of alkyl halides is 3. The molecule has 0 radical (unpaired) electrons. The number of pyridine rings is 1. The minimum atomic E-state index is -4.62. The zero-order chi connectivity index (χ0) is 21.5. The standard InChI is InChI=1S/C19H24F3N5O3/c20-19(21,22)12-9-13(23)14-16-25-26-17(30-16)18(29,10-28)7-3-1-2-5-11-6-4-8-27(11)15(12)24-14/h9,11,28-29H,1-8,10,23H2/t11-,18?/m1/s1. The summed E-state index contributed by atoms with van der Waals surface area (Å²) >= 11 is 0. The number of aliphatic hydroxyl groups excluding tert-OH is 1. The molecule has 0 aliphatic carbocycles. The normalized spacial score (nSPS) is 25.1. The topological polar surface area (TPSA) is 122 Å². The Labute approximate surface area is 170 Å². The third-order valence-corrected chi connectivity index (χ3v) is 5.90. The predicted octanol–water partition coefficient (Wildman–Crippen LogP) is 2.85. The van der Waals surface area contributed by atoms with E-state index in [1.54, 1.807) is 4.90 Å². The summed E-state index contributed by atoms with van der Waals surface area (Å²) < 4.78 is 46.8. The highest BCUT2D eigenvalue weighted by atomic mass is 19.4.